The van der Waals surface area contributed by atoms with Crippen molar-refractivity contribution in [1.82, 2.24) is 5.32 Å². The van der Waals surface area contributed by atoms with Gasteiger partial charge in [-0.05, 0) is 6.92 Å². The van der Waals surface area contributed by atoms with E-state index in [1.807, 2.05) is 6.92 Å². The first kappa shape index (κ1) is 11.6. The summed E-state index contributed by atoms with van der Waals surface area (Å²) in [6.45, 7) is 2.80. The van der Waals surface area contributed by atoms with Crippen LogP contribution in [0.1, 0.15) is 6.92 Å². The van der Waals surface area contributed by atoms with E-state index >= 15 is 0 Å². The maximum atomic E-state index is 7.86. The molecule has 0 aromatic carbocycles. The third-order valence-corrected chi connectivity index (χ3v) is 0.443. The van der Waals surface area contributed by atoms with Gasteiger partial charge >= 0.3 is 58.2 Å². The number of nitrogens with zero attached hydrogens (tertiary/aromatic N) is 1. The minimum absolute atomic E-state index is 0. The molecule has 0 amide bonds. The number of nitriles is 1. The second kappa shape index (κ2) is 10.8. The standard InChI is InChI=1S/C5H7N2.Rb/c1-2-7-5-3-4-6;/h5,7H,2H2,1H3;/q-1;+1. The summed E-state index contributed by atoms with van der Waals surface area (Å²) in [7, 11) is 0. The van der Waals surface area contributed by atoms with Crippen LogP contribution in [-0.4, -0.2) is 6.54 Å². The normalized spacial score (nSPS) is 7.50. The van der Waals surface area contributed by atoms with Crippen molar-refractivity contribution in [3.05, 3.63) is 12.3 Å². The summed E-state index contributed by atoms with van der Waals surface area (Å²) in [6.07, 6.45) is 3.82. The molecule has 0 rings (SSSR count). The van der Waals surface area contributed by atoms with E-state index in [9.17, 15) is 0 Å². The van der Waals surface area contributed by atoms with E-state index in [1.165, 1.54) is 6.20 Å². The number of hydrogen-bond acceptors (Lipinski definition) is 2. The third kappa shape index (κ3) is 9.95. The Morgan fingerprint density at radius 1 is 1.88 bits per heavy atom. The van der Waals surface area contributed by atoms with Crippen LogP contribution >= 0.6 is 0 Å². The van der Waals surface area contributed by atoms with Crippen molar-refractivity contribution in [2.75, 3.05) is 6.54 Å². The molecule has 0 saturated carbocycles. The van der Waals surface area contributed by atoms with Gasteiger partial charge in [0.05, 0.1) is 0 Å². The summed E-state index contributed by atoms with van der Waals surface area (Å²) in [5.74, 6) is 0. The molecule has 0 bridgehead atoms. The molecule has 0 fully saturated rings. The van der Waals surface area contributed by atoms with Crippen molar-refractivity contribution >= 4 is 0 Å². The maximum absolute atomic E-state index is 7.86. The first-order chi connectivity index (χ1) is 3.41. The summed E-state index contributed by atoms with van der Waals surface area (Å²) in [5.41, 5.74) is 0. The van der Waals surface area contributed by atoms with Gasteiger partial charge in [0.15, 0.2) is 0 Å². The minimum Gasteiger partial charge on any atom is -0.423 e. The van der Waals surface area contributed by atoms with Crippen LogP contribution in [0.25, 0.3) is 0 Å². The molecule has 0 radical (unpaired) electrons. The summed E-state index contributed by atoms with van der Waals surface area (Å²) >= 11 is 0. The molecule has 0 heterocycles. The van der Waals surface area contributed by atoms with Crippen LogP contribution < -0.4 is 63.5 Å². The second-order valence-electron chi connectivity index (χ2n) is 0.958. The van der Waals surface area contributed by atoms with Crippen LogP contribution in [0.4, 0.5) is 0 Å². The Balaban J connectivity index is 0. The molecule has 1 N–H and O–H groups in total. The van der Waals surface area contributed by atoms with Crippen LogP contribution in [0.5, 0.6) is 0 Å². The van der Waals surface area contributed by atoms with E-state index < -0.39 is 0 Å². The van der Waals surface area contributed by atoms with E-state index in [2.05, 4.69) is 11.4 Å². The first-order valence-corrected chi connectivity index (χ1v) is 2.11. The topological polar surface area (TPSA) is 35.8 Å². The molecular formula is C5H7N2Rb. The third-order valence-electron chi connectivity index (χ3n) is 0.443. The zero-order valence-corrected chi connectivity index (χ0v) is 10.1. The van der Waals surface area contributed by atoms with Gasteiger partial charge in [-0.25, -0.2) is 5.26 Å². The fraction of sp³-hybridized carbons (Fsp3) is 0.400. The average molecular weight is 181 g/mol. The monoisotopic (exact) mass is 180 g/mol. The van der Waals surface area contributed by atoms with Crippen LogP contribution in [0.15, 0.2) is 6.20 Å². The molecule has 0 aromatic rings. The molecule has 0 aliphatic carbocycles. The fourth-order valence-electron chi connectivity index (χ4n) is 0.185. The van der Waals surface area contributed by atoms with E-state index in [-0.39, 0.29) is 58.2 Å². The van der Waals surface area contributed by atoms with Crippen molar-refractivity contribution < 1.29 is 58.2 Å². The van der Waals surface area contributed by atoms with Crippen molar-refractivity contribution in [2.45, 2.75) is 6.92 Å². The first-order valence-electron chi connectivity index (χ1n) is 2.11. The molecule has 8 heavy (non-hydrogen) atoms. The largest absolute Gasteiger partial charge is 1.00 e. The van der Waals surface area contributed by atoms with Crippen LogP contribution in [-0.2, 0) is 0 Å². The molecule has 0 aromatic heterocycles. The molecule has 0 atom stereocenters. The molecule has 0 aliphatic heterocycles. The van der Waals surface area contributed by atoms with Gasteiger partial charge in [0.2, 0.25) is 0 Å². The summed E-state index contributed by atoms with van der Waals surface area (Å²) in [5, 5.41) is 10.7. The average Bonchev–Trinajstić information content (AvgIpc) is 1.69. The molecular weight excluding hydrogens is 174 g/mol. The van der Waals surface area contributed by atoms with Crippen LogP contribution in [0.3, 0.4) is 0 Å². The fourth-order valence-corrected chi connectivity index (χ4v) is 0.185. The number of hydrogen-bond donors (Lipinski definition) is 1. The molecule has 0 aliphatic rings. The molecule has 0 saturated heterocycles. The molecule has 3 heteroatoms. The Morgan fingerprint density at radius 3 is 2.88 bits per heavy atom. The number of allylic oxidation sites excluding steroid dienone is 1. The van der Waals surface area contributed by atoms with E-state index in [0.29, 0.717) is 0 Å². The Bertz CT molecular complexity index is 93.1. The quantitative estimate of drug-likeness (QED) is 0.375. The minimum atomic E-state index is 0. The van der Waals surface area contributed by atoms with E-state index in [4.69, 9.17) is 5.26 Å². The van der Waals surface area contributed by atoms with Gasteiger partial charge in [-0.1, -0.05) is 0 Å². The maximum Gasteiger partial charge on any atom is 1.00 e. The Labute approximate surface area is 98.7 Å². The Kier molecular flexibility index (Phi) is 15.6. The van der Waals surface area contributed by atoms with Gasteiger partial charge < -0.3 is 11.4 Å². The molecule has 0 spiro atoms. The van der Waals surface area contributed by atoms with E-state index in [1.54, 1.807) is 6.07 Å². The van der Waals surface area contributed by atoms with Gasteiger partial charge in [-0.3, -0.25) is 0 Å². The smallest absolute Gasteiger partial charge is 0.423 e. The predicted molar refractivity (Wildman–Crippen MR) is 27.1 cm³/mol. The molecule has 0 unspecified atom stereocenters. The second-order valence-corrected chi connectivity index (χ2v) is 0.958. The predicted octanol–water partition coefficient (Wildman–Crippen LogP) is -2.56. The van der Waals surface area contributed by atoms with Crippen molar-refractivity contribution in [2.24, 2.45) is 0 Å². The SMILES string of the molecule is CCNC=[C-]C#N.[Rb+]. The number of nitrogens with one attached hydrogen (secondary N) is 1. The van der Waals surface area contributed by atoms with E-state index in [0.717, 1.165) is 6.54 Å². The molecule has 2 nitrogen and oxygen atoms in total. The van der Waals surface area contributed by atoms with Gasteiger partial charge in [0.25, 0.3) is 0 Å². The summed E-state index contributed by atoms with van der Waals surface area (Å²) < 4.78 is 0. The van der Waals surface area contributed by atoms with Crippen molar-refractivity contribution in [1.29, 1.82) is 5.26 Å². The van der Waals surface area contributed by atoms with Gasteiger partial charge in [-0.2, -0.15) is 6.20 Å². The van der Waals surface area contributed by atoms with Crippen molar-refractivity contribution in [3.63, 3.8) is 0 Å². The Hall–Kier alpha value is 0.835. The van der Waals surface area contributed by atoms with Crippen LogP contribution in [0, 0.1) is 17.4 Å². The van der Waals surface area contributed by atoms with Gasteiger partial charge in [0, 0.05) is 6.54 Å². The summed E-state index contributed by atoms with van der Waals surface area (Å²) in [6, 6.07) is 1.73. The number of rotatable bonds is 2. The van der Waals surface area contributed by atoms with Gasteiger partial charge in [0.1, 0.15) is 0 Å². The zero-order chi connectivity index (χ0) is 5.54. The van der Waals surface area contributed by atoms with Crippen LogP contribution in [0.2, 0.25) is 0 Å². The van der Waals surface area contributed by atoms with Crippen molar-refractivity contribution in [3.8, 4) is 6.07 Å². The Morgan fingerprint density at radius 2 is 2.50 bits per heavy atom. The summed E-state index contributed by atoms with van der Waals surface area (Å²) in [4.78, 5) is 0. The van der Waals surface area contributed by atoms with Gasteiger partial charge in [-0.15, -0.1) is 6.07 Å². The molecule has 38 valence electrons. The zero-order valence-electron chi connectivity index (χ0n) is 5.23.